The second kappa shape index (κ2) is 7.99. The van der Waals surface area contributed by atoms with E-state index in [4.69, 9.17) is 16.6 Å². The molecule has 0 amide bonds. The van der Waals surface area contributed by atoms with E-state index >= 15 is 0 Å². The fourth-order valence-electron chi connectivity index (χ4n) is 1.25. The third-order valence-corrected chi connectivity index (χ3v) is 2.86. The fourth-order valence-corrected chi connectivity index (χ4v) is 2.00. The summed E-state index contributed by atoms with van der Waals surface area (Å²) in [6, 6.07) is 0. The molecule has 1 aromatic heterocycles. The molecule has 0 bridgehead atoms. The largest absolute Gasteiger partial charge is 0.394 e. The number of aromatic nitrogens is 1. The summed E-state index contributed by atoms with van der Waals surface area (Å²) in [7, 11) is 0. The van der Waals surface area contributed by atoms with Crippen molar-refractivity contribution in [1.29, 1.82) is 0 Å². The van der Waals surface area contributed by atoms with E-state index in [0.29, 0.717) is 6.54 Å². The van der Waals surface area contributed by atoms with Gasteiger partial charge in [-0.25, -0.2) is 4.98 Å². The first kappa shape index (κ1) is 13.9. The van der Waals surface area contributed by atoms with Crippen LogP contribution in [0.4, 0.5) is 5.13 Å². The molecule has 1 rings (SSSR count). The Hall–Kier alpha value is -1.18. The quantitative estimate of drug-likeness (QED) is 0.316. The number of anilines is 1. The normalized spacial score (nSPS) is 11.8. The first-order valence-corrected chi connectivity index (χ1v) is 6.46. The molecule has 0 unspecified atom stereocenters. The molecule has 6 nitrogen and oxygen atoms in total. The van der Waals surface area contributed by atoms with Gasteiger partial charge in [0.2, 0.25) is 0 Å². The van der Waals surface area contributed by atoms with Gasteiger partial charge in [-0.05, 0) is 25.8 Å². The monoisotopic (exact) mass is 257 g/mol. The molecule has 0 aliphatic heterocycles. The molecule has 0 saturated heterocycles. The Bertz CT molecular complexity index is 352. The average Bonchev–Trinajstić information content (AvgIpc) is 2.74. The van der Waals surface area contributed by atoms with Crippen molar-refractivity contribution in [3.8, 4) is 0 Å². The number of aliphatic hydroxyl groups excluding tert-OH is 1. The molecule has 0 aliphatic carbocycles. The Balaban J connectivity index is 2.39. The number of hydrogen-bond acceptors (Lipinski definition) is 5. The zero-order chi connectivity index (χ0) is 12.5. The molecule has 17 heavy (non-hydrogen) atoms. The smallest absolute Gasteiger partial charge is 0.195 e. The zero-order valence-corrected chi connectivity index (χ0v) is 10.5. The summed E-state index contributed by atoms with van der Waals surface area (Å²) in [5, 5.41) is 14.2. The van der Waals surface area contributed by atoms with Crippen molar-refractivity contribution in [3.63, 3.8) is 0 Å². The van der Waals surface area contributed by atoms with E-state index in [-0.39, 0.29) is 12.6 Å². The molecule has 96 valence electrons. The van der Waals surface area contributed by atoms with Crippen molar-refractivity contribution in [1.82, 2.24) is 4.98 Å². The lowest BCUT2D eigenvalue weighted by molar-refractivity contribution is 0.307. The molecule has 0 radical (unpaired) electrons. The molecular formula is C10H19N5OS. The minimum absolute atomic E-state index is 0.00934. The van der Waals surface area contributed by atoms with Gasteiger partial charge in [0.05, 0.1) is 18.8 Å². The number of aryl methyl sites for hydroxylation is 1. The Morgan fingerprint density at radius 2 is 2.35 bits per heavy atom. The van der Waals surface area contributed by atoms with Crippen molar-refractivity contribution in [2.75, 3.05) is 25.0 Å². The van der Waals surface area contributed by atoms with E-state index in [9.17, 15) is 0 Å². The van der Waals surface area contributed by atoms with Crippen molar-refractivity contribution in [2.24, 2.45) is 16.5 Å². The molecular weight excluding hydrogens is 238 g/mol. The molecule has 7 heteroatoms. The van der Waals surface area contributed by atoms with Crippen LogP contribution in [0.5, 0.6) is 0 Å². The predicted molar refractivity (Wildman–Crippen MR) is 71.3 cm³/mol. The number of hydrogen-bond donors (Lipinski definition) is 4. The highest BCUT2D eigenvalue weighted by Gasteiger charge is 2.02. The fraction of sp³-hybridized carbons (Fsp3) is 0.600. The van der Waals surface area contributed by atoms with E-state index < -0.39 is 0 Å². The van der Waals surface area contributed by atoms with E-state index in [1.807, 2.05) is 5.38 Å². The lowest BCUT2D eigenvalue weighted by Crippen LogP contribution is -2.23. The molecule has 6 N–H and O–H groups in total. The maximum atomic E-state index is 8.59. The van der Waals surface area contributed by atoms with Gasteiger partial charge in [-0.2, -0.15) is 0 Å². The van der Waals surface area contributed by atoms with E-state index in [1.165, 1.54) is 11.3 Å². The van der Waals surface area contributed by atoms with Gasteiger partial charge in [0.15, 0.2) is 11.1 Å². The Morgan fingerprint density at radius 3 is 3.06 bits per heavy atom. The van der Waals surface area contributed by atoms with Crippen LogP contribution in [0.25, 0.3) is 0 Å². The van der Waals surface area contributed by atoms with Gasteiger partial charge in [-0.3, -0.25) is 4.99 Å². The maximum absolute atomic E-state index is 8.59. The molecule has 1 aromatic rings. The van der Waals surface area contributed by atoms with E-state index in [1.54, 1.807) is 0 Å². The Kier molecular flexibility index (Phi) is 6.53. The standard InChI is InChI=1S/C10H19N5OS/c11-4-2-1-3-8-7-17-10(14-8)15-9(12)13-5-6-16/h7,16H,1-6,11H2,(H3,12,13,14,15). The van der Waals surface area contributed by atoms with Crippen LogP contribution in [0.1, 0.15) is 18.5 Å². The highest BCUT2D eigenvalue weighted by Crippen LogP contribution is 2.16. The van der Waals surface area contributed by atoms with Gasteiger partial charge < -0.3 is 21.9 Å². The predicted octanol–water partition coefficient (Wildman–Crippen LogP) is 0.143. The Labute approximate surface area is 105 Å². The van der Waals surface area contributed by atoms with Crippen molar-refractivity contribution in [3.05, 3.63) is 11.1 Å². The third-order valence-electron chi connectivity index (χ3n) is 2.06. The number of nitrogens with one attached hydrogen (secondary N) is 1. The Morgan fingerprint density at radius 1 is 1.53 bits per heavy atom. The number of aliphatic hydroxyl groups is 1. The molecule has 1 heterocycles. The summed E-state index contributed by atoms with van der Waals surface area (Å²) in [6.45, 7) is 1.01. The summed E-state index contributed by atoms with van der Waals surface area (Å²) in [6.07, 6.45) is 3.00. The lowest BCUT2D eigenvalue weighted by Gasteiger charge is -2.00. The average molecular weight is 257 g/mol. The van der Waals surface area contributed by atoms with Gasteiger partial charge in [-0.1, -0.05) is 0 Å². The number of nitrogens with zero attached hydrogens (tertiary/aromatic N) is 2. The van der Waals surface area contributed by atoms with Crippen LogP contribution in [-0.2, 0) is 6.42 Å². The molecule has 0 atom stereocenters. The summed E-state index contributed by atoms with van der Waals surface area (Å²) in [5.41, 5.74) is 12.1. The van der Waals surface area contributed by atoms with Gasteiger partial charge >= 0.3 is 0 Å². The van der Waals surface area contributed by atoms with Crippen molar-refractivity contribution < 1.29 is 5.11 Å². The molecule has 0 aromatic carbocycles. The van der Waals surface area contributed by atoms with Gasteiger partial charge in [-0.15, -0.1) is 11.3 Å². The van der Waals surface area contributed by atoms with Crippen LogP contribution in [0, 0.1) is 0 Å². The van der Waals surface area contributed by atoms with Crippen LogP contribution in [0.2, 0.25) is 0 Å². The van der Waals surface area contributed by atoms with Gasteiger partial charge in [0.1, 0.15) is 0 Å². The second-order valence-electron chi connectivity index (χ2n) is 3.51. The summed E-state index contributed by atoms with van der Waals surface area (Å²) in [5.74, 6) is 0.280. The number of thiazole rings is 1. The maximum Gasteiger partial charge on any atom is 0.195 e. The lowest BCUT2D eigenvalue weighted by atomic mass is 10.2. The summed E-state index contributed by atoms with van der Waals surface area (Å²) >= 11 is 1.49. The highest BCUT2D eigenvalue weighted by atomic mass is 32.1. The van der Waals surface area contributed by atoms with Crippen LogP contribution in [0.3, 0.4) is 0 Å². The number of unbranched alkanes of at least 4 members (excludes halogenated alkanes) is 1. The molecule has 0 aliphatic rings. The van der Waals surface area contributed by atoms with Gasteiger partial charge in [0.25, 0.3) is 0 Å². The van der Waals surface area contributed by atoms with Crippen molar-refractivity contribution >= 4 is 22.4 Å². The SMILES string of the molecule is NCCCCc1csc(NC(N)=NCCO)n1. The molecule has 0 fully saturated rings. The van der Waals surface area contributed by atoms with Gasteiger partial charge in [0, 0.05) is 5.38 Å². The van der Waals surface area contributed by atoms with Crippen LogP contribution in [0.15, 0.2) is 10.4 Å². The summed E-state index contributed by atoms with van der Waals surface area (Å²) < 4.78 is 0. The highest BCUT2D eigenvalue weighted by molar-refractivity contribution is 7.13. The minimum Gasteiger partial charge on any atom is -0.394 e. The topological polar surface area (TPSA) is 110 Å². The summed E-state index contributed by atoms with van der Waals surface area (Å²) in [4.78, 5) is 8.28. The number of nitrogens with two attached hydrogens (primary N) is 2. The minimum atomic E-state index is -0.00934. The second-order valence-corrected chi connectivity index (χ2v) is 4.36. The van der Waals surface area contributed by atoms with Crippen LogP contribution < -0.4 is 16.8 Å². The van der Waals surface area contributed by atoms with Crippen LogP contribution in [-0.4, -0.2) is 35.7 Å². The number of rotatable bonds is 7. The zero-order valence-electron chi connectivity index (χ0n) is 9.72. The van der Waals surface area contributed by atoms with E-state index in [2.05, 4.69) is 15.3 Å². The number of guanidine groups is 1. The first-order valence-electron chi connectivity index (χ1n) is 5.58. The van der Waals surface area contributed by atoms with E-state index in [0.717, 1.165) is 36.6 Å². The molecule has 0 saturated carbocycles. The first-order chi connectivity index (χ1) is 8.26. The third kappa shape index (κ3) is 5.62. The molecule has 0 spiro atoms. The number of aliphatic imine (C=N–C) groups is 1. The van der Waals surface area contributed by atoms with Crippen molar-refractivity contribution in [2.45, 2.75) is 19.3 Å². The van der Waals surface area contributed by atoms with Crippen LogP contribution >= 0.6 is 11.3 Å².